The van der Waals surface area contributed by atoms with E-state index in [1.807, 2.05) is 36.4 Å². The van der Waals surface area contributed by atoms with Gasteiger partial charge in [0.2, 0.25) is 0 Å². The zero-order valence-corrected chi connectivity index (χ0v) is 12.2. The molecule has 108 valence electrons. The molecule has 6 heteroatoms. The summed E-state index contributed by atoms with van der Waals surface area (Å²) in [6, 6.07) is 13.0. The summed E-state index contributed by atoms with van der Waals surface area (Å²) in [4.78, 5) is 18.1. The number of H-pyrrole nitrogens is 1. The van der Waals surface area contributed by atoms with Crippen molar-refractivity contribution in [1.82, 2.24) is 4.98 Å². The quantitative estimate of drug-likeness (QED) is 0.426. The average Bonchev–Trinajstić information content (AvgIpc) is 2.54. The molecule has 3 aromatic rings. The molecule has 2 aromatic carbocycles. The Labute approximate surface area is 130 Å². The normalized spacial score (nSPS) is 10.4. The fourth-order valence-electron chi connectivity index (χ4n) is 2.35. The van der Waals surface area contributed by atoms with Gasteiger partial charge in [-0.3, -0.25) is 4.79 Å². The number of halogens is 1. The van der Waals surface area contributed by atoms with Crippen LogP contribution in [0.25, 0.3) is 32.5 Å². The molecule has 0 saturated carbocycles. The summed E-state index contributed by atoms with van der Waals surface area (Å²) < 4.78 is 0. The van der Waals surface area contributed by atoms with Crippen molar-refractivity contribution in [2.75, 3.05) is 0 Å². The lowest BCUT2D eigenvalue weighted by atomic mass is 10.0. The van der Waals surface area contributed by atoms with Gasteiger partial charge in [0.1, 0.15) is 0 Å². The van der Waals surface area contributed by atoms with Gasteiger partial charge < -0.3 is 4.98 Å². The molecule has 1 aromatic heterocycles. The lowest BCUT2D eigenvalue weighted by Crippen LogP contribution is -2.09. The van der Waals surface area contributed by atoms with Crippen molar-refractivity contribution in [2.24, 2.45) is 5.11 Å². The van der Waals surface area contributed by atoms with E-state index in [0.29, 0.717) is 21.5 Å². The van der Waals surface area contributed by atoms with Gasteiger partial charge in [0.05, 0.1) is 6.54 Å². The molecule has 0 atom stereocenters. The van der Waals surface area contributed by atoms with Gasteiger partial charge in [0.25, 0.3) is 0 Å². The van der Waals surface area contributed by atoms with Gasteiger partial charge in [-0.1, -0.05) is 41.0 Å². The molecule has 5 nitrogen and oxygen atoms in total. The van der Waals surface area contributed by atoms with E-state index in [1.54, 1.807) is 12.3 Å². The van der Waals surface area contributed by atoms with Gasteiger partial charge >= 0.3 is 0 Å². The molecule has 0 fully saturated rings. The summed E-state index contributed by atoms with van der Waals surface area (Å²) in [5.41, 5.74) is 11.2. The molecule has 0 bridgehead atoms. The number of aromatic amines is 1. The Morgan fingerprint density at radius 3 is 2.82 bits per heavy atom. The van der Waals surface area contributed by atoms with Crippen LogP contribution < -0.4 is 5.43 Å². The van der Waals surface area contributed by atoms with Crippen LogP contribution in [0.4, 0.5) is 0 Å². The van der Waals surface area contributed by atoms with E-state index < -0.39 is 0 Å². The van der Waals surface area contributed by atoms with Crippen molar-refractivity contribution < 1.29 is 0 Å². The number of aromatic nitrogens is 1. The van der Waals surface area contributed by atoms with Gasteiger partial charge in [-0.25, -0.2) is 0 Å². The monoisotopic (exact) mass is 310 g/mol. The largest absolute Gasteiger partial charge is 0.361 e. The van der Waals surface area contributed by atoms with E-state index in [0.717, 1.165) is 11.1 Å². The van der Waals surface area contributed by atoms with E-state index >= 15 is 0 Å². The summed E-state index contributed by atoms with van der Waals surface area (Å²) in [7, 11) is 0. The van der Waals surface area contributed by atoms with Crippen LogP contribution in [0.2, 0.25) is 5.02 Å². The highest BCUT2D eigenvalue weighted by Crippen LogP contribution is 2.28. The highest BCUT2D eigenvalue weighted by atomic mass is 35.5. The van der Waals surface area contributed by atoms with Crippen molar-refractivity contribution in [3.63, 3.8) is 0 Å². The third-order valence-electron chi connectivity index (χ3n) is 3.45. The smallest absolute Gasteiger partial charge is 0.192 e. The first-order valence-electron chi connectivity index (χ1n) is 6.61. The first-order valence-corrected chi connectivity index (χ1v) is 6.98. The third kappa shape index (κ3) is 2.55. The summed E-state index contributed by atoms with van der Waals surface area (Å²) in [5, 5.41) is 4.64. The van der Waals surface area contributed by atoms with E-state index in [4.69, 9.17) is 17.1 Å². The number of nitrogens with zero attached hydrogens (tertiary/aromatic N) is 3. The van der Waals surface area contributed by atoms with Crippen LogP contribution in [0.3, 0.4) is 0 Å². The van der Waals surface area contributed by atoms with Crippen molar-refractivity contribution >= 4 is 22.5 Å². The van der Waals surface area contributed by atoms with Gasteiger partial charge in [0.15, 0.2) is 5.43 Å². The van der Waals surface area contributed by atoms with E-state index in [2.05, 4.69) is 15.0 Å². The second-order valence-electron chi connectivity index (χ2n) is 4.77. The zero-order valence-electron chi connectivity index (χ0n) is 11.5. The van der Waals surface area contributed by atoms with Gasteiger partial charge in [-0.05, 0) is 29.3 Å². The molecule has 22 heavy (non-hydrogen) atoms. The Hall–Kier alpha value is -2.75. The Morgan fingerprint density at radius 1 is 1.23 bits per heavy atom. The molecule has 0 saturated heterocycles. The van der Waals surface area contributed by atoms with Crippen LogP contribution in [0.1, 0.15) is 5.56 Å². The Kier molecular flexibility index (Phi) is 3.83. The summed E-state index contributed by atoms with van der Waals surface area (Å²) in [6.07, 6.45) is 1.58. The van der Waals surface area contributed by atoms with Crippen molar-refractivity contribution in [3.05, 3.63) is 79.9 Å². The van der Waals surface area contributed by atoms with Gasteiger partial charge in [-0.15, -0.1) is 0 Å². The molecular formula is C16H11ClN4O. The average molecular weight is 311 g/mol. The SMILES string of the molecule is [N-]=[N+]=NCc1c[nH]c2cc(-c3ccccc3Cl)ccc2c1=O. The second kappa shape index (κ2) is 5.93. The summed E-state index contributed by atoms with van der Waals surface area (Å²) in [6.45, 7) is 0.0358. The molecule has 0 aliphatic heterocycles. The predicted molar refractivity (Wildman–Crippen MR) is 87.9 cm³/mol. The van der Waals surface area contributed by atoms with Crippen LogP contribution in [0.5, 0.6) is 0 Å². The zero-order chi connectivity index (χ0) is 15.5. The molecule has 0 amide bonds. The second-order valence-corrected chi connectivity index (χ2v) is 5.18. The molecule has 1 heterocycles. The van der Waals surface area contributed by atoms with E-state index in [1.165, 1.54) is 0 Å². The molecule has 3 rings (SSSR count). The molecule has 0 aliphatic rings. The first-order chi connectivity index (χ1) is 10.7. The highest BCUT2D eigenvalue weighted by Gasteiger charge is 2.07. The fourth-order valence-corrected chi connectivity index (χ4v) is 2.60. The fraction of sp³-hybridized carbons (Fsp3) is 0.0625. The third-order valence-corrected chi connectivity index (χ3v) is 3.78. The van der Waals surface area contributed by atoms with Crippen LogP contribution in [0.15, 0.2) is 58.6 Å². The van der Waals surface area contributed by atoms with Gasteiger partial charge in [0, 0.05) is 38.2 Å². The Balaban J connectivity index is 2.14. The number of benzene rings is 2. The maximum Gasteiger partial charge on any atom is 0.192 e. The van der Waals surface area contributed by atoms with E-state index in [9.17, 15) is 4.79 Å². The molecule has 1 N–H and O–H groups in total. The molecular weight excluding hydrogens is 300 g/mol. The van der Waals surface area contributed by atoms with Crippen molar-refractivity contribution in [3.8, 4) is 11.1 Å². The predicted octanol–water partition coefficient (Wildman–Crippen LogP) is 4.66. The number of pyridine rings is 1. The lowest BCUT2D eigenvalue weighted by molar-refractivity contribution is 1.02. The maximum absolute atomic E-state index is 12.3. The van der Waals surface area contributed by atoms with Gasteiger partial charge in [-0.2, -0.15) is 0 Å². The van der Waals surface area contributed by atoms with Crippen LogP contribution >= 0.6 is 11.6 Å². The standard InChI is InChI=1S/C16H11ClN4O/c17-14-4-2-1-3-12(14)10-5-6-13-15(7-10)19-8-11(16(13)22)9-20-21-18/h1-8H,9H2,(H,19,22). The van der Waals surface area contributed by atoms with Crippen molar-refractivity contribution in [2.45, 2.75) is 6.54 Å². The molecule has 0 aliphatic carbocycles. The number of hydrogen-bond donors (Lipinski definition) is 1. The minimum absolute atomic E-state index is 0.0358. The van der Waals surface area contributed by atoms with Crippen molar-refractivity contribution in [1.29, 1.82) is 0 Å². The number of nitrogens with one attached hydrogen (secondary N) is 1. The number of hydrogen-bond acceptors (Lipinski definition) is 2. The molecule has 0 unspecified atom stereocenters. The first kappa shape index (κ1) is 14.2. The maximum atomic E-state index is 12.3. The van der Waals surface area contributed by atoms with E-state index in [-0.39, 0.29) is 12.0 Å². The Bertz CT molecular complexity index is 958. The molecule has 0 spiro atoms. The minimum atomic E-state index is -0.133. The number of rotatable bonds is 3. The minimum Gasteiger partial charge on any atom is -0.361 e. The van der Waals surface area contributed by atoms with Crippen LogP contribution in [-0.2, 0) is 6.54 Å². The number of fused-ring (bicyclic) bond motifs is 1. The topological polar surface area (TPSA) is 81.6 Å². The highest BCUT2D eigenvalue weighted by molar-refractivity contribution is 6.33. The lowest BCUT2D eigenvalue weighted by Gasteiger charge is -2.07. The van der Waals surface area contributed by atoms with Crippen LogP contribution in [0, 0.1) is 0 Å². The van der Waals surface area contributed by atoms with Crippen LogP contribution in [-0.4, -0.2) is 4.98 Å². The Morgan fingerprint density at radius 2 is 2.05 bits per heavy atom. The summed E-state index contributed by atoms with van der Waals surface area (Å²) in [5.74, 6) is 0. The molecule has 0 radical (unpaired) electrons. The number of azide groups is 1. The summed E-state index contributed by atoms with van der Waals surface area (Å²) >= 11 is 6.21.